The highest BCUT2D eigenvalue weighted by Gasteiger charge is 2.43. The Balaban J connectivity index is 2.19. The van der Waals surface area contributed by atoms with Gasteiger partial charge in [-0.15, -0.1) is 11.8 Å². The Morgan fingerprint density at radius 2 is 1.97 bits per heavy atom. The van der Waals surface area contributed by atoms with Gasteiger partial charge in [0.2, 0.25) is 5.82 Å². The van der Waals surface area contributed by atoms with Crippen molar-refractivity contribution in [3.63, 3.8) is 0 Å². The molecule has 4 heterocycles. The minimum Gasteiger partial charge on any atom is -0.416 e. The molecule has 15 heteroatoms. The van der Waals surface area contributed by atoms with Crippen LogP contribution in [0, 0.1) is 5.82 Å². The lowest BCUT2D eigenvalue weighted by Gasteiger charge is -2.39. The average Bonchev–Trinajstić information content (AvgIpc) is 2.86. The topological polar surface area (TPSA) is 102 Å². The zero-order chi connectivity index (χ0) is 28.8. The van der Waals surface area contributed by atoms with Crippen molar-refractivity contribution in [2.24, 2.45) is 0 Å². The van der Waals surface area contributed by atoms with Gasteiger partial charge in [-0.25, -0.2) is 19.1 Å². The number of hydrogen-bond donors (Lipinski definition) is 1. The van der Waals surface area contributed by atoms with Gasteiger partial charge in [-0.3, -0.25) is 4.98 Å². The second-order valence-corrected chi connectivity index (χ2v) is 10.6. The maximum absolute atomic E-state index is 15.4. The summed E-state index contributed by atoms with van der Waals surface area (Å²) >= 11 is 7.31. The number of rotatable bonds is 5. The number of hydrogen-bond acceptors (Lipinski definition) is 9. The fraction of sp³-hybridized carbons (Fsp3) is 0.458. The van der Waals surface area contributed by atoms with E-state index in [1.807, 2.05) is 20.8 Å². The monoisotopic (exact) mass is 588 g/mol. The second-order valence-electron chi connectivity index (χ2n) is 9.40. The number of aromatic nitrogens is 4. The number of carbonyl (C=O) groups excluding carboxylic acids is 1. The average molecular weight is 589 g/mol. The minimum atomic E-state index is -5.44. The van der Waals surface area contributed by atoms with E-state index in [-0.39, 0.29) is 41.7 Å². The maximum Gasteiger partial charge on any atom is 0.491 e. The molecule has 1 saturated heterocycles. The Morgan fingerprint density at radius 1 is 1.28 bits per heavy atom. The van der Waals surface area contributed by atoms with Gasteiger partial charge >= 0.3 is 17.8 Å². The molecular formula is C24H25ClF4N6O3S. The van der Waals surface area contributed by atoms with Crippen molar-refractivity contribution in [2.45, 2.75) is 56.8 Å². The highest BCUT2D eigenvalue weighted by Crippen LogP contribution is 2.40. The van der Waals surface area contributed by atoms with Crippen LogP contribution >= 0.6 is 23.4 Å². The molecule has 0 radical (unpaired) electrons. The Hall–Kier alpha value is -2.97. The predicted molar refractivity (Wildman–Crippen MR) is 140 cm³/mol. The van der Waals surface area contributed by atoms with Crippen molar-refractivity contribution in [1.82, 2.24) is 24.8 Å². The maximum atomic E-state index is 15.4. The highest BCUT2D eigenvalue weighted by atomic mass is 35.5. The van der Waals surface area contributed by atoms with E-state index in [0.717, 1.165) is 4.57 Å². The molecule has 0 aromatic carbocycles. The fourth-order valence-electron chi connectivity index (χ4n) is 4.39. The molecule has 9 nitrogen and oxygen atoms in total. The second kappa shape index (κ2) is 10.9. The van der Waals surface area contributed by atoms with Crippen molar-refractivity contribution in [2.75, 3.05) is 24.2 Å². The third-order valence-corrected chi connectivity index (χ3v) is 7.25. The summed E-state index contributed by atoms with van der Waals surface area (Å²) in [6.07, 6.45) is -2.12. The Kier molecular flexibility index (Phi) is 8.11. The van der Waals surface area contributed by atoms with Crippen molar-refractivity contribution in [1.29, 1.82) is 0 Å². The smallest absolute Gasteiger partial charge is 0.416 e. The van der Waals surface area contributed by atoms with Gasteiger partial charge in [0, 0.05) is 36.3 Å². The molecule has 1 fully saturated rings. The number of nitrogens with one attached hydrogen (secondary N) is 1. The molecule has 0 amide bonds. The van der Waals surface area contributed by atoms with Crippen LogP contribution in [0.1, 0.15) is 39.3 Å². The van der Waals surface area contributed by atoms with Crippen LogP contribution in [0.4, 0.5) is 23.4 Å². The van der Waals surface area contributed by atoms with E-state index in [1.54, 1.807) is 30.3 Å². The van der Waals surface area contributed by atoms with Gasteiger partial charge in [-0.1, -0.05) is 25.4 Å². The van der Waals surface area contributed by atoms with Crippen LogP contribution < -0.4 is 20.6 Å². The molecule has 0 aliphatic carbocycles. The number of thioether (sulfide) groups is 1. The molecule has 39 heavy (non-hydrogen) atoms. The van der Waals surface area contributed by atoms with Crippen LogP contribution in [0.3, 0.4) is 0 Å². The number of esters is 1. The van der Waals surface area contributed by atoms with Gasteiger partial charge in [0.05, 0.1) is 11.4 Å². The minimum absolute atomic E-state index is 0.110. The number of fused-ring (bicyclic) bond motifs is 1. The normalized spacial score (nSPS) is 18.2. The third kappa shape index (κ3) is 5.41. The summed E-state index contributed by atoms with van der Waals surface area (Å²) in [5.74, 6) is -5.67. The van der Waals surface area contributed by atoms with E-state index < -0.39 is 39.9 Å². The molecule has 2 atom stereocenters. The Morgan fingerprint density at radius 3 is 2.59 bits per heavy atom. The van der Waals surface area contributed by atoms with Crippen molar-refractivity contribution in [3.05, 3.63) is 39.4 Å². The SMILES string of the molecule is CSc1ccnc(C(C)C)c1-n1c(=O)nc(N2C[C@@H](C)NC[C@@H]2C)c2c(OC(=O)C(F)(F)F)c(F)c(Cl)nc21. The van der Waals surface area contributed by atoms with Gasteiger partial charge in [-0.2, -0.15) is 22.5 Å². The number of nitrogens with zero attached hydrogens (tertiary/aromatic N) is 5. The molecule has 210 valence electrons. The number of piperazine rings is 1. The first kappa shape index (κ1) is 29.0. The van der Waals surface area contributed by atoms with Gasteiger partial charge < -0.3 is 15.0 Å². The lowest BCUT2D eigenvalue weighted by Crippen LogP contribution is -2.55. The Labute approximate surface area is 229 Å². The van der Waals surface area contributed by atoms with Crippen LogP contribution in [0.5, 0.6) is 5.75 Å². The van der Waals surface area contributed by atoms with Gasteiger partial charge in [0.25, 0.3) is 0 Å². The quantitative estimate of drug-likeness (QED) is 0.200. The Bertz CT molecular complexity index is 1500. The first-order valence-corrected chi connectivity index (χ1v) is 13.5. The molecule has 1 aliphatic rings. The predicted octanol–water partition coefficient (Wildman–Crippen LogP) is 4.47. The molecule has 0 bridgehead atoms. The molecule has 3 aromatic heterocycles. The number of alkyl halides is 3. The summed E-state index contributed by atoms with van der Waals surface area (Å²) in [4.78, 5) is 40.5. The van der Waals surface area contributed by atoms with Crippen LogP contribution in [0.2, 0.25) is 5.15 Å². The summed E-state index contributed by atoms with van der Waals surface area (Å²) in [5, 5.41) is 1.95. The van der Waals surface area contributed by atoms with Crippen molar-refractivity contribution < 1.29 is 27.1 Å². The zero-order valence-corrected chi connectivity index (χ0v) is 23.1. The van der Waals surface area contributed by atoms with Crippen molar-refractivity contribution in [3.8, 4) is 11.4 Å². The van der Waals surface area contributed by atoms with E-state index in [9.17, 15) is 22.8 Å². The van der Waals surface area contributed by atoms with E-state index >= 15 is 4.39 Å². The standard InChI is InChI=1S/C24H25ClF4N6O3S/c1-10(2)16-17(13(39-5)6-7-30-16)35-21-14(18(15(26)19(25)32-21)38-22(36)24(27,28)29)20(33-23(35)37)34-9-11(3)31-8-12(34)4/h6-7,10-12,31H,8-9H2,1-5H3/t11-,12+/m1/s1. The summed E-state index contributed by atoms with van der Waals surface area (Å²) in [6, 6.07) is 1.22. The number of anilines is 1. The van der Waals surface area contributed by atoms with Crippen LogP contribution in [0.25, 0.3) is 16.7 Å². The molecule has 0 spiro atoms. The molecule has 0 saturated carbocycles. The van der Waals surface area contributed by atoms with Crippen molar-refractivity contribution >= 4 is 46.2 Å². The number of carbonyl (C=O) groups is 1. The van der Waals surface area contributed by atoms with Gasteiger partial charge in [0.15, 0.2) is 16.5 Å². The molecule has 0 unspecified atom stereocenters. The van der Waals surface area contributed by atoms with Crippen LogP contribution in [0.15, 0.2) is 22.0 Å². The third-order valence-electron chi connectivity index (χ3n) is 6.23. The van der Waals surface area contributed by atoms with E-state index in [2.05, 4.69) is 25.0 Å². The summed E-state index contributed by atoms with van der Waals surface area (Å²) in [7, 11) is 0. The molecule has 1 aliphatic heterocycles. The lowest BCUT2D eigenvalue weighted by molar-refractivity contribution is -0.189. The largest absolute Gasteiger partial charge is 0.491 e. The molecular weight excluding hydrogens is 564 g/mol. The van der Waals surface area contributed by atoms with Crippen LogP contribution in [-0.2, 0) is 4.79 Å². The van der Waals surface area contributed by atoms with Gasteiger partial charge in [0.1, 0.15) is 11.2 Å². The number of pyridine rings is 2. The zero-order valence-electron chi connectivity index (χ0n) is 21.6. The number of halogens is 5. The molecule has 4 rings (SSSR count). The van der Waals surface area contributed by atoms with E-state index in [0.29, 0.717) is 17.1 Å². The summed E-state index contributed by atoms with van der Waals surface area (Å²) < 4.78 is 60.7. The molecule has 3 aromatic rings. The van der Waals surface area contributed by atoms with Crippen LogP contribution in [-0.4, -0.2) is 63.1 Å². The van der Waals surface area contributed by atoms with E-state index in [1.165, 1.54) is 11.8 Å². The van der Waals surface area contributed by atoms with E-state index in [4.69, 9.17) is 11.6 Å². The summed E-state index contributed by atoms with van der Waals surface area (Å²) in [5.41, 5.74) is -0.451. The first-order valence-electron chi connectivity index (χ1n) is 11.9. The highest BCUT2D eigenvalue weighted by molar-refractivity contribution is 7.98. The fourth-order valence-corrected chi connectivity index (χ4v) is 5.14. The lowest BCUT2D eigenvalue weighted by atomic mass is 10.1. The molecule has 1 N–H and O–H groups in total. The first-order chi connectivity index (χ1) is 18.3. The van der Waals surface area contributed by atoms with Gasteiger partial charge in [-0.05, 0) is 32.1 Å². The summed E-state index contributed by atoms with van der Waals surface area (Å²) in [6.45, 7) is 8.03. The number of ether oxygens (including phenoxy) is 1.